The molecule has 1 amide bonds. The van der Waals surface area contributed by atoms with Crippen molar-refractivity contribution in [1.82, 2.24) is 15.3 Å². The first-order valence-electron chi connectivity index (χ1n) is 8.24. The molecule has 1 saturated heterocycles. The van der Waals surface area contributed by atoms with Crippen LogP contribution in [0.3, 0.4) is 0 Å². The zero-order chi connectivity index (χ0) is 16.9. The van der Waals surface area contributed by atoms with E-state index in [0.29, 0.717) is 18.7 Å². The summed E-state index contributed by atoms with van der Waals surface area (Å²) in [7, 11) is 0. The highest BCUT2D eigenvalue weighted by atomic mass is 16.3. The molecule has 1 aliphatic rings. The van der Waals surface area contributed by atoms with Crippen molar-refractivity contribution in [2.45, 2.75) is 19.4 Å². The zero-order valence-corrected chi connectivity index (χ0v) is 13.7. The molecule has 2 atom stereocenters. The number of carbonyl (C=O) groups excluding carboxylic acids is 1. The molecular weight excluding hydrogens is 304 g/mol. The van der Waals surface area contributed by atoms with Crippen LogP contribution >= 0.6 is 0 Å². The minimum absolute atomic E-state index is 0.119. The van der Waals surface area contributed by atoms with Gasteiger partial charge in [0, 0.05) is 43.6 Å². The normalized spacial score (nSPS) is 20.2. The van der Waals surface area contributed by atoms with Crippen molar-refractivity contribution in [2.24, 2.45) is 5.92 Å². The average molecular weight is 326 g/mol. The summed E-state index contributed by atoms with van der Waals surface area (Å²) < 4.78 is 0. The Balaban J connectivity index is 1.65. The van der Waals surface area contributed by atoms with Gasteiger partial charge in [0.2, 0.25) is 0 Å². The second-order valence-electron chi connectivity index (χ2n) is 6.02. The van der Waals surface area contributed by atoms with Crippen LogP contribution in [0.1, 0.15) is 23.0 Å². The van der Waals surface area contributed by atoms with Gasteiger partial charge in [-0.15, -0.1) is 0 Å². The molecule has 6 heteroatoms. The maximum atomic E-state index is 11.8. The molecule has 0 bridgehead atoms. The van der Waals surface area contributed by atoms with E-state index >= 15 is 0 Å². The predicted molar refractivity (Wildman–Crippen MR) is 91.9 cm³/mol. The summed E-state index contributed by atoms with van der Waals surface area (Å²) in [5.74, 6) is 0.793. The van der Waals surface area contributed by atoms with Crippen molar-refractivity contribution in [1.29, 1.82) is 0 Å². The standard InChI is InChI=1S/C18H22N4O2/c1-2-19-18(24)13-6-7-17(21-10-13)22-11-14(16(23)12-22)9-15-5-3-4-8-20-15/h3-8,10,14,16,23H,2,9,11-12H2,1H3,(H,19,24)/t14-,16-/m1/s1. The Morgan fingerprint density at radius 3 is 2.83 bits per heavy atom. The molecule has 2 aromatic heterocycles. The highest BCUT2D eigenvalue weighted by Crippen LogP contribution is 2.25. The van der Waals surface area contributed by atoms with Gasteiger partial charge in [0.25, 0.3) is 5.91 Å². The Labute approximate surface area is 141 Å². The van der Waals surface area contributed by atoms with Crippen molar-refractivity contribution >= 4 is 11.7 Å². The van der Waals surface area contributed by atoms with Gasteiger partial charge in [-0.1, -0.05) is 6.07 Å². The second-order valence-corrected chi connectivity index (χ2v) is 6.02. The summed E-state index contributed by atoms with van der Waals surface area (Å²) in [6.07, 6.45) is 3.70. The van der Waals surface area contributed by atoms with Gasteiger partial charge >= 0.3 is 0 Å². The summed E-state index contributed by atoms with van der Waals surface area (Å²) in [5.41, 5.74) is 1.54. The summed E-state index contributed by atoms with van der Waals surface area (Å²) >= 11 is 0. The number of rotatable bonds is 5. The van der Waals surface area contributed by atoms with Crippen LogP contribution in [0.15, 0.2) is 42.7 Å². The van der Waals surface area contributed by atoms with Gasteiger partial charge in [-0.3, -0.25) is 9.78 Å². The summed E-state index contributed by atoms with van der Waals surface area (Å²) in [5, 5.41) is 13.1. The number of β-amino-alcohol motifs (C(OH)–C–C–N with tert-alkyl or cyclic N) is 1. The number of pyridine rings is 2. The lowest BCUT2D eigenvalue weighted by molar-refractivity contribution is 0.0955. The number of anilines is 1. The van der Waals surface area contributed by atoms with E-state index in [2.05, 4.69) is 20.2 Å². The Kier molecular flexibility index (Phi) is 5.05. The third-order valence-corrected chi connectivity index (χ3v) is 4.28. The number of hydrogen-bond acceptors (Lipinski definition) is 5. The summed E-state index contributed by atoms with van der Waals surface area (Å²) in [6.45, 7) is 3.75. The van der Waals surface area contributed by atoms with Gasteiger partial charge < -0.3 is 15.3 Å². The Bertz CT molecular complexity index is 675. The molecule has 126 valence electrons. The van der Waals surface area contributed by atoms with Crippen LogP contribution < -0.4 is 10.2 Å². The minimum atomic E-state index is -0.406. The lowest BCUT2D eigenvalue weighted by Crippen LogP contribution is -2.24. The van der Waals surface area contributed by atoms with E-state index in [0.717, 1.165) is 24.5 Å². The number of carbonyl (C=O) groups is 1. The first kappa shape index (κ1) is 16.4. The van der Waals surface area contributed by atoms with E-state index in [-0.39, 0.29) is 11.8 Å². The van der Waals surface area contributed by atoms with E-state index in [1.807, 2.05) is 31.2 Å². The van der Waals surface area contributed by atoms with Gasteiger partial charge in [-0.05, 0) is 37.6 Å². The summed E-state index contributed by atoms with van der Waals surface area (Å²) in [6, 6.07) is 9.44. The molecule has 2 aromatic rings. The number of nitrogens with one attached hydrogen (secondary N) is 1. The zero-order valence-electron chi connectivity index (χ0n) is 13.7. The van der Waals surface area contributed by atoms with Crippen molar-refractivity contribution < 1.29 is 9.90 Å². The van der Waals surface area contributed by atoms with E-state index in [4.69, 9.17) is 0 Å². The SMILES string of the molecule is CCNC(=O)c1ccc(N2C[C@@H](Cc3ccccn3)[C@H](O)C2)nc1. The van der Waals surface area contributed by atoms with Crippen molar-refractivity contribution in [3.05, 3.63) is 54.0 Å². The van der Waals surface area contributed by atoms with E-state index in [1.54, 1.807) is 18.5 Å². The molecule has 0 radical (unpaired) electrons. The van der Waals surface area contributed by atoms with Crippen molar-refractivity contribution in [3.8, 4) is 0 Å². The quantitative estimate of drug-likeness (QED) is 0.865. The van der Waals surface area contributed by atoms with Gasteiger partial charge in [-0.2, -0.15) is 0 Å². The molecule has 3 rings (SSSR count). The molecule has 1 aliphatic heterocycles. The number of nitrogens with zero attached hydrogens (tertiary/aromatic N) is 3. The highest BCUT2D eigenvalue weighted by molar-refractivity contribution is 5.94. The first-order chi connectivity index (χ1) is 11.7. The predicted octanol–water partition coefficient (Wildman–Crippen LogP) is 1.27. The Morgan fingerprint density at radius 1 is 1.29 bits per heavy atom. The van der Waals surface area contributed by atoms with E-state index in [9.17, 15) is 9.90 Å². The molecule has 1 fully saturated rings. The monoisotopic (exact) mass is 326 g/mol. The van der Waals surface area contributed by atoms with Crippen molar-refractivity contribution in [2.75, 3.05) is 24.5 Å². The first-order valence-corrected chi connectivity index (χ1v) is 8.24. The molecule has 0 aromatic carbocycles. The third-order valence-electron chi connectivity index (χ3n) is 4.28. The molecule has 0 aliphatic carbocycles. The maximum absolute atomic E-state index is 11.8. The molecule has 24 heavy (non-hydrogen) atoms. The van der Waals surface area contributed by atoms with Crippen molar-refractivity contribution in [3.63, 3.8) is 0 Å². The van der Waals surface area contributed by atoms with Gasteiger partial charge in [0.1, 0.15) is 5.82 Å². The van der Waals surface area contributed by atoms with Crippen LogP contribution in [0.5, 0.6) is 0 Å². The largest absolute Gasteiger partial charge is 0.391 e. The minimum Gasteiger partial charge on any atom is -0.391 e. The molecule has 0 spiro atoms. The molecule has 0 unspecified atom stereocenters. The number of aliphatic hydroxyl groups excluding tert-OH is 1. The number of amides is 1. The summed E-state index contributed by atoms with van der Waals surface area (Å²) in [4.78, 5) is 22.5. The number of aromatic nitrogens is 2. The Hall–Kier alpha value is -2.47. The lowest BCUT2D eigenvalue weighted by Gasteiger charge is -2.17. The van der Waals surface area contributed by atoms with Gasteiger partial charge in [0.15, 0.2) is 0 Å². The van der Waals surface area contributed by atoms with E-state index < -0.39 is 6.10 Å². The third kappa shape index (κ3) is 3.71. The fourth-order valence-electron chi connectivity index (χ4n) is 3.00. The molecule has 3 heterocycles. The topological polar surface area (TPSA) is 78.4 Å². The van der Waals surface area contributed by atoms with Crippen LogP contribution in [0.25, 0.3) is 0 Å². The maximum Gasteiger partial charge on any atom is 0.252 e. The molecule has 2 N–H and O–H groups in total. The van der Waals surface area contributed by atoms with Gasteiger partial charge in [-0.25, -0.2) is 4.98 Å². The van der Waals surface area contributed by atoms with Crippen LogP contribution in [0, 0.1) is 5.92 Å². The Morgan fingerprint density at radius 2 is 2.17 bits per heavy atom. The molecule has 0 saturated carbocycles. The molecule has 6 nitrogen and oxygen atoms in total. The van der Waals surface area contributed by atoms with Gasteiger partial charge in [0.05, 0.1) is 11.7 Å². The van der Waals surface area contributed by atoms with Crippen LogP contribution in [0.2, 0.25) is 0 Å². The van der Waals surface area contributed by atoms with Crippen LogP contribution in [-0.2, 0) is 6.42 Å². The highest BCUT2D eigenvalue weighted by Gasteiger charge is 2.32. The van der Waals surface area contributed by atoms with Crippen LogP contribution in [0.4, 0.5) is 5.82 Å². The van der Waals surface area contributed by atoms with Crippen LogP contribution in [-0.4, -0.2) is 46.7 Å². The smallest absolute Gasteiger partial charge is 0.252 e. The molecular formula is C18H22N4O2. The number of aliphatic hydroxyl groups is 1. The second kappa shape index (κ2) is 7.40. The fraction of sp³-hybridized carbons (Fsp3) is 0.389. The fourth-order valence-corrected chi connectivity index (χ4v) is 3.00. The average Bonchev–Trinajstić information content (AvgIpc) is 2.97. The number of hydrogen-bond donors (Lipinski definition) is 2. The lowest BCUT2D eigenvalue weighted by atomic mass is 10.00. The van der Waals surface area contributed by atoms with E-state index in [1.165, 1.54) is 0 Å².